The van der Waals surface area contributed by atoms with E-state index >= 15 is 0 Å². The van der Waals surface area contributed by atoms with Gasteiger partial charge in [-0.3, -0.25) is 4.79 Å². The molecule has 3 nitrogen and oxygen atoms in total. The lowest BCUT2D eigenvalue weighted by Crippen LogP contribution is -2.26. The Labute approximate surface area is 124 Å². The van der Waals surface area contributed by atoms with Crippen LogP contribution in [0.5, 0.6) is 0 Å². The molecule has 0 aromatic heterocycles. The molecule has 0 saturated carbocycles. The number of carbonyl (C=O) groups is 1. The molecule has 2 aromatic rings. The fourth-order valence-electron chi connectivity index (χ4n) is 2.20. The molecule has 0 fully saturated rings. The van der Waals surface area contributed by atoms with E-state index < -0.39 is 5.82 Å². The highest BCUT2D eigenvalue weighted by Crippen LogP contribution is 2.19. The van der Waals surface area contributed by atoms with E-state index in [1.165, 1.54) is 12.1 Å². The molecule has 0 aliphatic rings. The molecule has 0 saturated heterocycles. The van der Waals surface area contributed by atoms with Gasteiger partial charge in [0.25, 0.3) is 5.91 Å². The number of benzene rings is 2. The highest BCUT2D eigenvalue weighted by Gasteiger charge is 2.15. The Hall–Kier alpha value is -2.36. The number of rotatable bonds is 3. The number of hydrogen-bond acceptors (Lipinski definition) is 2. The maximum atomic E-state index is 13.7. The van der Waals surface area contributed by atoms with Gasteiger partial charge in [0.2, 0.25) is 0 Å². The van der Waals surface area contributed by atoms with Crippen LogP contribution >= 0.6 is 0 Å². The summed E-state index contributed by atoms with van der Waals surface area (Å²) >= 11 is 0. The Kier molecular flexibility index (Phi) is 4.26. The van der Waals surface area contributed by atoms with Crippen LogP contribution in [0, 0.1) is 19.7 Å². The Morgan fingerprint density at radius 3 is 2.57 bits per heavy atom. The van der Waals surface area contributed by atoms with Crippen LogP contribution in [0.4, 0.5) is 10.1 Å². The van der Waals surface area contributed by atoms with E-state index in [4.69, 9.17) is 5.73 Å². The molecule has 2 N–H and O–H groups in total. The van der Waals surface area contributed by atoms with Crippen molar-refractivity contribution in [2.45, 2.75) is 20.4 Å². The molecule has 0 radical (unpaired) electrons. The van der Waals surface area contributed by atoms with Crippen molar-refractivity contribution in [2.75, 3.05) is 12.8 Å². The lowest BCUT2D eigenvalue weighted by molar-refractivity contribution is 0.0784. The van der Waals surface area contributed by atoms with Gasteiger partial charge in [0, 0.05) is 30.4 Å². The minimum atomic E-state index is -0.456. The number of nitrogens with zero attached hydrogens (tertiary/aromatic N) is 1. The number of carbonyl (C=O) groups excluding carboxylic acids is 1. The molecule has 0 aliphatic heterocycles. The largest absolute Gasteiger partial charge is 0.398 e. The van der Waals surface area contributed by atoms with Crippen molar-refractivity contribution >= 4 is 11.6 Å². The van der Waals surface area contributed by atoms with Gasteiger partial charge < -0.3 is 10.6 Å². The quantitative estimate of drug-likeness (QED) is 0.880. The SMILES string of the molecule is Cc1cccc(CN(C)C(=O)c2cc(N)c(C)c(F)c2)c1. The van der Waals surface area contributed by atoms with Crippen LogP contribution < -0.4 is 5.73 Å². The van der Waals surface area contributed by atoms with Crippen LogP contribution in [0.25, 0.3) is 0 Å². The van der Waals surface area contributed by atoms with Gasteiger partial charge in [0.1, 0.15) is 5.82 Å². The predicted molar refractivity (Wildman–Crippen MR) is 82.5 cm³/mol. The minimum Gasteiger partial charge on any atom is -0.398 e. The van der Waals surface area contributed by atoms with Gasteiger partial charge in [-0.2, -0.15) is 0 Å². The van der Waals surface area contributed by atoms with E-state index in [1.807, 2.05) is 31.2 Å². The van der Waals surface area contributed by atoms with Crippen molar-refractivity contribution in [1.82, 2.24) is 4.90 Å². The second-order valence-corrected chi connectivity index (χ2v) is 5.32. The second-order valence-electron chi connectivity index (χ2n) is 5.32. The van der Waals surface area contributed by atoms with Gasteiger partial charge in [-0.15, -0.1) is 0 Å². The zero-order valence-corrected chi connectivity index (χ0v) is 12.5. The molecule has 0 spiro atoms. The van der Waals surface area contributed by atoms with Crippen molar-refractivity contribution < 1.29 is 9.18 Å². The molecule has 4 heteroatoms. The Morgan fingerprint density at radius 2 is 1.95 bits per heavy atom. The molecule has 0 unspecified atom stereocenters. The molecule has 21 heavy (non-hydrogen) atoms. The van der Waals surface area contributed by atoms with Crippen molar-refractivity contribution in [2.24, 2.45) is 0 Å². The van der Waals surface area contributed by atoms with Gasteiger partial charge >= 0.3 is 0 Å². The fraction of sp³-hybridized carbons (Fsp3) is 0.235. The number of anilines is 1. The Bertz CT molecular complexity index is 659. The Balaban J connectivity index is 2.20. The zero-order chi connectivity index (χ0) is 15.6. The molecular weight excluding hydrogens is 267 g/mol. The third-order valence-electron chi connectivity index (χ3n) is 3.48. The smallest absolute Gasteiger partial charge is 0.254 e. The lowest BCUT2D eigenvalue weighted by atomic mass is 10.1. The fourth-order valence-corrected chi connectivity index (χ4v) is 2.20. The molecule has 0 atom stereocenters. The summed E-state index contributed by atoms with van der Waals surface area (Å²) in [5, 5.41) is 0. The standard InChI is InChI=1S/C17H19FN2O/c1-11-5-4-6-13(7-11)10-20(3)17(21)14-8-15(18)12(2)16(19)9-14/h4-9H,10,19H2,1-3H3. The summed E-state index contributed by atoms with van der Waals surface area (Å²) in [4.78, 5) is 13.9. The highest BCUT2D eigenvalue weighted by atomic mass is 19.1. The zero-order valence-electron chi connectivity index (χ0n) is 12.5. The monoisotopic (exact) mass is 286 g/mol. The van der Waals surface area contributed by atoms with Crippen LogP contribution in [0.15, 0.2) is 36.4 Å². The summed E-state index contributed by atoms with van der Waals surface area (Å²) in [5.41, 5.74) is 8.82. The summed E-state index contributed by atoms with van der Waals surface area (Å²) in [6.07, 6.45) is 0. The first-order valence-electron chi connectivity index (χ1n) is 6.75. The third kappa shape index (κ3) is 3.40. The van der Waals surface area contributed by atoms with E-state index in [9.17, 15) is 9.18 Å². The first-order valence-corrected chi connectivity index (χ1v) is 6.75. The lowest BCUT2D eigenvalue weighted by Gasteiger charge is -2.18. The minimum absolute atomic E-state index is 0.248. The molecule has 110 valence electrons. The average molecular weight is 286 g/mol. The summed E-state index contributed by atoms with van der Waals surface area (Å²) in [5.74, 6) is -0.704. The van der Waals surface area contributed by atoms with Crippen molar-refractivity contribution in [3.8, 4) is 0 Å². The highest BCUT2D eigenvalue weighted by molar-refractivity contribution is 5.95. The molecule has 0 bridgehead atoms. The maximum Gasteiger partial charge on any atom is 0.254 e. The van der Waals surface area contributed by atoms with Gasteiger partial charge in [0.05, 0.1) is 0 Å². The number of aryl methyl sites for hydroxylation is 1. The van der Waals surface area contributed by atoms with E-state index in [0.717, 1.165) is 11.1 Å². The van der Waals surface area contributed by atoms with Crippen molar-refractivity contribution in [1.29, 1.82) is 0 Å². The summed E-state index contributed by atoms with van der Waals surface area (Å²) in [6, 6.07) is 10.7. The maximum absolute atomic E-state index is 13.7. The summed E-state index contributed by atoms with van der Waals surface area (Å²) < 4.78 is 13.7. The number of halogens is 1. The van der Waals surface area contributed by atoms with Gasteiger partial charge in [-0.05, 0) is 31.5 Å². The van der Waals surface area contributed by atoms with Gasteiger partial charge in [-0.1, -0.05) is 29.8 Å². The number of nitrogen functional groups attached to an aromatic ring is 1. The predicted octanol–water partition coefficient (Wildman–Crippen LogP) is 3.30. The van der Waals surface area contributed by atoms with E-state index in [-0.39, 0.29) is 11.5 Å². The van der Waals surface area contributed by atoms with Crippen LogP contribution in [0.1, 0.15) is 27.0 Å². The van der Waals surface area contributed by atoms with Crippen molar-refractivity contribution in [3.05, 3.63) is 64.5 Å². The Morgan fingerprint density at radius 1 is 1.24 bits per heavy atom. The van der Waals surface area contributed by atoms with E-state index in [1.54, 1.807) is 18.9 Å². The first kappa shape index (κ1) is 15.0. The average Bonchev–Trinajstić information content (AvgIpc) is 2.43. The first-order chi connectivity index (χ1) is 9.88. The topological polar surface area (TPSA) is 46.3 Å². The van der Waals surface area contributed by atoms with Gasteiger partial charge in [-0.25, -0.2) is 4.39 Å². The third-order valence-corrected chi connectivity index (χ3v) is 3.48. The second kappa shape index (κ2) is 5.95. The van der Waals surface area contributed by atoms with Crippen LogP contribution in [-0.4, -0.2) is 17.9 Å². The molecule has 1 amide bonds. The van der Waals surface area contributed by atoms with Crippen molar-refractivity contribution in [3.63, 3.8) is 0 Å². The molecular formula is C17H19FN2O. The molecule has 2 aromatic carbocycles. The summed E-state index contributed by atoms with van der Waals surface area (Å²) in [6.45, 7) is 4.06. The van der Waals surface area contributed by atoms with E-state index in [2.05, 4.69) is 0 Å². The number of nitrogens with two attached hydrogens (primary N) is 1. The normalized spacial score (nSPS) is 10.5. The van der Waals surface area contributed by atoms with Crippen LogP contribution in [0.2, 0.25) is 0 Å². The summed E-state index contributed by atoms with van der Waals surface area (Å²) in [7, 11) is 1.69. The molecule has 2 rings (SSSR count). The molecule has 0 heterocycles. The molecule has 0 aliphatic carbocycles. The van der Waals surface area contributed by atoms with Crippen LogP contribution in [0.3, 0.4) is 0 Å². The number of amides is 1. The van der Waals surface area contributed by atoms with Crippen LogP contribution in [-0.2, 0) is 6.54 Å². The number of hydrogen-bond donors (Lipinski definition) is 1. The van der Waals surface area contributed by atoms with E-state index in [0.29, 0.717) is 17.8 Å². The van der Waals surface area contributed by atoms with Gasteiger partial charge in [0.15, 0.2) is 0 Å².